The minimum atomic E-state index is 0.551. The summed E-state index contributed by atoms with van der Waals surface area (Å²) in [5.74, 6) is 1.33. The van der Waals surface area contributed by atoms with Crippen molar-refractivity contribution >= 4 is 5.82 Å². The lowest BCUT2D eigenvalue weighted by Gasteiger charge is -2.26. The van der Waals surface area contributed by atoms with E-state index < -0.39 is 0 Å². The maximum atomic E-state index is 5.62. The fourth-order valence-corrected chi connectivity index (χ4v) is 2.51. The molecule has 1 unspecified atom stereocenters. The molecule has 1 saturated heterocycles. The monoisotopic (exact) mass is 219 g/mol. The van der Waals surface area contributed by atoms with E-state index in [-0.39, 0.29) is 0 Å². The summed E-state index contributed by atoms with van der Waals surface area (Å²) >= 11 is 0. The quantitative estimate of drug-likeness (QED) is 0.849. The van der Waals surface area contributed by atoms with Gasteiger partial charge in [-0.05, 0) is 36.9 Å². The van der Waals surface area contributed by atoms with Gasteiger partial charge in [-0.1, -0.05) is 19.9 Å². The van der Waals surface area contributed by atoms with Gasteiger partial charge < -0.3 is 5.73 Å². The predicted octanol–water partition coefficient (Wildman–Crippen LogP) is 2.46. The highest BCUT2D eigenvalue weighted by molar-refractivity contribution is 5.30. The van der Waals surface area contributed by atoms with Crippen molar-refractivity contribution in [1.29, 1.82) is 0 Å². The van der Waals surface area contributed by atoms with Crippen LogP contribution in [0.1, 0.15) is 38.3 Å². The van der Waals surface area contributed by atoms with Crippen molar-refractivity contribution < 1.29 is 0 Å². The molecular formula is C13H21N3. The van der Waals surface area contributed by atoms with Crippen LogP contribution in [0.5, 0.6) is 0 Å². The smallest absolute Gasteiger partial charge is 0.123 e. The zero-order chi connectivity index (χ0) is 11.5. The van der Waals surface area contributed by atoms with E-state index in [1.54, 1.807) is 0 Å². The van der Waals surface area contributed by atoms with Crippen molar-refractivity contribution in [3.05, 3.63) is 23.9 Å². The Hall–Kier alpha value is -1.09. The van der Waals surface area contributed by atoms with E-state index in [1.165, 1.54) is 31.5 Å². The number of anilines is 1. The standard InChI is InChI=1S/C13H21N3/c1-10(2)9-16-7-3-4-12(16)11-5-6-13(14)15-8-11/h5-6,8,10,12H,3-4,7,9H2,1-2H3,(H2,14,15). The summed E-state index contributed by atoms with van der Waals surface area (Å²) < 4.78 is 0. The van der Waals surface area contributed by atoms with Gasteiger partial charge in [0, 0.05) is 18.8 Å². The molecule has 0 spiro atoms. The van der Waals surface area contributed by atoms with Crippen LogP contribution in [-0.2, 0) is 0 Å². The molecule has 0 aromatic carbocycles. The second-order valence-electron chi connectivity index (χ2n) is 5.06. The summed E-state index contributed by atoms with van der Waals surface area (Å²) in [5, 5.41) is 0. The molecule has 0 amide bonds. The van der Waals surface area contributed by atoms with Gasteiger partial charge in [-0.2, -0.15) is 0 Å². The summed E-state index contributed by atoms with van der Waals surface area (Å²) in [6, 6.07) is 4.57. The Morgan fingerprint density at radius 1 is 1.50 bits per heavy atom. The molecule has 88 valence electrons. The number of pyridine rings is 1. The molecule has 2 heterocycles. The van der Waals surface area contributed by atoms with Crippen LogP contribution in [0, 0.1) is 5.92 Å². The Kier molecular flexibility index (Phi) is 3.44. The molecule has 2 rings (SSSR count). The lowest BCUT2D eigenvalue weighted by molar-refractivity contribution is 0.228. The van der Waals surface area contributed by atoms with E-state index in [2.05, 4.69) is 29.8 Å². The number of aromatic nitrogens is 1. The van der Waals surface area contributed by atoms with E-state index in [9.17, 15) is 0 Å². The maximum Gasteiger partial charge on any atom is 0.123 e. The minimum Gasteiger partial charge on any atom is -0.384 e. The fraction of sp³-hybridized carbons (Fsp3) is 0.615. The summed E-state index contributed by atoms with van der Waals surface area (Å²) in [4.78, 5) is 6.76. The summed E-state index contributed by atoms with van der Waals surface area (Å²) in [5.41, 5.74) is 6.93. The van der Waals surface area contributed by atoms with Crippen molar-refractivity contribution in [3.63, 3.8) is 0 Å². The molecule has 0 aliphatic carbocycles. The summed E-state index contributed by atoms with van der Waals surface area (Å²) in [6.07, 6.45) is 4.47. The van der Waals surface area contributed by atoms with Crippen molar-refractivity contribution in [2.75, 3.05) is 18.8 Å². The zero-order valence-electron chi connectivity index (χ0n) is 10.2. The van der Waals surface area contributed by atoms with E-state index in [0.29, 0.717) is 11.9 Å². The first-order valence-electron chi connectivity index (χ1n) is 6.12. The number of hydrogen-bond donors (Lipinski definition) is 1. The van der Waals surface area contributed by atoms with Crippen LogP contribution >= 0.6 is 0 Å². The van der Waals surface area contributed by atoms with Crippen molar-refractivity contribution in [3.8, 4) is 0 Å². The second kappa shape index (κ2) is 4.83. The van der Waals surface area contributed by atoms with E-state index in [0.717, 1.165) is 5.92 Å². The zero-order valence-corrected chi connectivity index (χ0v) is 10.2. The molecule has 2 N–H and O–H groups in total. The maximum absolute atomic E-state index is 5.62. The Morgan fingerprint density at radius 2 is 2.31 bits per heavy atom. The SMILES string of the molecule is CC(C)CN1CCCC1c1ccc(N)nc1. The highest BCUT2D eigenvalue weighted by Crippen LogP contribution is 2.32. The molecule has 0 saturated carbocycles. The van der Waals surface area contributed by atoms with E-state index in [4.69, 9.17) is 5.73 Å². The third-order valence-electron chi connectivity index (χ3n) is 3.16. The first-order chi connectivity index (χ1) is 7.66. The van der Waals surface area contributed by atoms with Crippen LogP contribution in [0.3, 0.4) is 0 Å². The third kappa shape index (κ3) is 2.53. The van der Waals surface area contributed by atoms with Crippen LogP contribution in [0.2, 0.25) is 0 Å². The molecule has 3 nitrogen and oxygen atoms in total. The topological polar surface area (TPSA) is 42.1 Å². The van der Waals surface area contributed by atoms with Gasteiger partial charge in [0.2, 0.25) is 0 Å². The summed E-state index contributed by atoms with van der Waals surface area (Å²) in [7, 11) is 0. The Bertz CT molecular complexity index is 332. The number of rotatable bonds is 3. The van der Waals surface area contributed by atoms with Gasteiger partial charge in [0.15, 0.2) is 0 Å². The first-order valence-corrected chi connectivity index (χ1v) is 6.12. The van der Waals surface area contributed by atoms with Gasteiger partial charge in [-0.3, -0.25) is 4.90 Å². The van der Waals surface area contributed by atoms with Crippen LogP contribution < -0.4 is 5.73 Å². The summed E-state index contributed by atoms with van der Waals surface area (Å²) in [6.45, 7) is 6.94. The van der Waals surface area contributed by atoms with Gasteiger partial charge in [0.1, 0.15) is 5.82 Å². The van der Waals surface area contributed by atoms with Crippen LogP contribution in [0.15, 0.2) is 18.3 Å². The number of nitrogens with two attached hydrogens (primary N) is 1. The van der Waals surface area contributed by atoms with E-state index >= 15 is 0 Å². The lowest BCUT2D eigenvalue weighted by atomic mass is 10.1. The van der Waals surface area contributed by atoms with Crippen LogP contribution in [0.4, 0.5) is 5.82 Å². The molecule has 1 fully saturated rings. The predicted molar refractivity (Wildman–Crippen MR) is 67.0 cm³/mol. The van der Waals surface area contributed by atoms with Crippen LogP contribution in [0.25, 0.3) is 0 Å². The lowest BCUT2D eigenvalue weighted by Crippen LogP contribution is -2.27. The molecule has 1 aromatic heterocycles. The molecule has 1 aromatic rings. The molecular weight excluding hydrogens is 198 g/mol. The molecule has 1 aliphatic heterocycles. The highest BCUT2D eigenvalue weighted by atomic mass is 15.2. The molecule has 0 radical (unpaired) electrons. The fourth-order valence-electron chi connectivity index (χ4n) is 2.51. The van der Waals surface area contributed by atoms with Crippen molar-refractivity contribution in [1.82, 2.24) is 9.88 Å². The molecule has 0 bridgehead atoms. The Balaban J connectivity index is 2.10. The molecule has 1 atom stereocenters. The average molecular weight is 219 g/mol. The first kappa shape index (κ1) is 11.4. The Morgan fingerprint density at radius 3 is 2.94 bits per heavy atom. The second-order valence-corrected chi connectivity index (χ2v) is 5.06. The van der Waals surface area contributed by atoms with Gasteiger partial charge in [0.05, 0.1) is 0 Å². The normalized spacial score (nSPS) is 21.8. The van der Waals surface area contributed by atoms with E-state index in [1.807, 2.05) is 12.3 Å². The number of hydrogen-bond acceptors (Lipinski definition) is 3. The largest absolute Gasteiger partial charge is 0.384 e. The number of nitrogens with zero attached hydrogens (tertiary/aromatic N) is 2. The number of nitrogen functional groups attached to an aromatic ring is 1. The van der Waals surface area contributed by atoms with Crippen LogP contribution in [-0.4, -0.2) is 23.0 Å². The van der Waals surface area contributed by atoms with Gasteiger partial charge in [-0.15, -0.1) is 0 Å². The Labute approximate surface area is 97.7 Å². The number of likely N-dealkylation sites (tertiary alicyclic amines) is 1. The average Bonchev–Trinajstić information content (AvgIpc) is 2.66. The molecule has 3 heteroatoms. The molecule has 1 aliphatic rings. The van der Waals surface area contributed by atoms with Crippen molar-refractivity contribution in [2.45, 2.75) is 32.7 Å². The molecule has 16 heavy (non-hydrogen) atoms. The van der Waals surface area contributed by atoms with Gasteiger partial charge in [-0.25, -0.2) is 4.98 Å². The third-order valence-corrected chi connectivity index (χ3v) is 3.16. The highest BCUT2D eigenvalue weighted by Gasteiger charge is 2.26. The van der Waals surface area contributed by atoms with Gasteiger partial charge >= 0.3 is 0 Å². The van der Waals surface area contributed by atoms with Gasteiger partial charge in [0.25, 0.3) is 0 Å². The minimum absolute atomic E-state index is 0.551. The van der Waals surface area contributed by atoms with Crippen molar-refractivity contribution in [2.24, 2.45) is 5.92 Å².